The molecule has 0 atom stereocenters. The van der Waals surface area contributed by atoms with Gasteiger partial charge in [0.05, 0.1) is 5.75 Å². The second-order valence-corrected chi connectivity index (χ2v) is 5.03. The molecular weight excluding hydrogens is 204 g/mol. The van der Waals surface area contributed by atoms with Crippen molar-refractivity contribution in [1.82, 2.24) is 4.31 Å². The third-order valence-corrected chi connectivity index (χ3v) is 3.91. The molecule has 0 spiro atoms. The maximum Gasteiger partial charge on any atom is 0.214 e. The van der Waals surface area contributed by atoms with Crippen LogP contribution in [0.15, 0.2) is 0 Å². The van der Waals surface area contributed by atoms with E-state index in [9.17, 15) is 8.42 Å². The third-order valence-electron chi connectivity index (χ3n) is 1.88. The Balaban J connectivity index is 4.12. The summed E-state index contributed by atoms with van der Waals surface area (Å²) in [5.41, 5.74) is 5.33. The summed E-state index contributed by atoms with van der Waals surface area (Å²) < 4.78 is 29.5. The lowest BCUT2D eigenvalue weighted by Gasteiger charge is -2.19. The molecule has 0 saturated heterocycles. The first kappa shape index (κ1) is 13.8. The van der Waals surface area contributed by atoms with Gasteiger partial charge in [0.1, 0.15) is 0 Å². The fourth-order valence-electron chi connectivity index (χ4n) is 1.15. The fraction of sp³-hybridized carbons (Fsp3) is 1.00. The maximum atomic E-state index is 11.6. The molecule has 86 valence electrons. The highest BCUT2D eigenvalue weighted by molar-refractivity contribution is 7.89. The van der Waals surface area contributed by atoms with Gasteiger partial charge in [-0.05, 0) is 6.42 Å². The molecule has 0 aliphatic heterocycles. The van der Waals surface area contributed by atoms with Crippen molar-refractivity contribution >= 4 is 10.0 Å². The number of hydrogen-bond donors (Lipinski definition) is 1. The first-order chi connectivity index (χ1) is 6.58. The Hall–Kier alpha value is -0.170. The number of nitrogens with two attached hydrogens (primary N) is 1. The van der Waals surface area contributed by atoms with Gasteiger partial charge in [-0.25, -0.2) is 12.7 Å². The third kappa shape index (κ3) is 4.90. The van der Waals surface area contributed by atoms with Crippen LogP contribution in [-0.2, 0) is 14.8 Å². The van der Waals surface area contributed by atoms with Gasteiger partial charge in [-0.2, -0.15) is 0 Å². The largest absolute Gasteiger partial charge is 0.385 e. The number of sulfonamides is 1. The molecule has 14 heavy (non-hydrogen) atoms. The zero-order chi connectivity index (χ0) is 11.0. The van der Waals surface area contributed by atoms with E-state index in [-0.39, 0.29) is 5.75 Å². The Morgan fingerprint density at radius 2 is 2.07 bits per heavy atom. The summed E-state index contributed by atoms with van der Waals surface area (Å²) in [6.07, 6.45) is 0.528. The molecule has 0 amide bonds. The van der Waals surface area contributed by atoms with Crippen LogP contribution < -0.4 is 5.73 Å². The molecule has 0 aliphatic carbocycles. The van der Waals surface area contributed by atoms with Crippen molar-refractivity contribution in [3.63, 3.8) is 0 Å². The molecule has 5 nitrogen and oxygen atoms in total. The van der Waals surface area contributed by atoms with Crippen LogP contribution in [0.2, 0.25) is 0 Å². The standard InChI is InChI=1S/C8H20N2O3S/c1-3-10(6-5-9)14(11,12)8-4-7-13-2/h3-9H2,1-2H3. The van der Waals surface area contributed by atoms with Gasteiger partial charge in [0.2, 0.25) is 10.0 Å². The lowest BCUT2D eigenvalue weighted by Crippen LogP contribution is -2.36. The molecule has 0 rings (SSSR count). The van der Waals surface area contributed by atoms with Gasteiger partial charge in [-0.15, -0.1) is 0 Å². The van der Waals surface area contributed by atoms with E-state index in [4.69, 9.17) is 10.5 Å². The number of ether oxygens (including phenoxy) is 1. The second-order valence-electron chi connectivity index (χ2n) is 2.94. The summed E-state index contributed by atoms with van der Waals surface area (Å²) in [6.45, 7) is 3.51. The van der Waals surface area contributed by atoms with Crippen LogP contribution in [0, 0.1) is 0 Å². The van der Waals surface area contributed by atoms with E-state index >= 15 is 0 Å². The molecule has 0 bridgehead atoms. The van der Waals surface area contributed by atoms with Gasteiger partial charge in [0, 0.05) is 33.4 Å². The highest BCUT2D eigenvalue weighted by Gasteiger charge is 2.18. The van der Waals surface area contributed by atoms with Gasteiger partial charge in [-0.1, -0.05) is 6.92 Å². The zero-order valence-electron chi connectivity index (χ0n) is 8.90. The highest BCUT2D eigenvalue weighted by atomic mass is 32.2. The van der Waals surface area contributed by atoms with Gasteiger partial charge >= 0.3 is 0 Å². The van der Waals surface area contributed by atoms with E-state index in [2.05, 4.69) is 0 Å². The van der Waals surface area contributed by atoms with Crippen LogP contribution in [0.3, 0.4) is 0 Å². The summed E-state index contributed by atoms with van der Waals surface area (Å²) in [6, 6.07) is 0. The molecular formula is C8H20N2O3S. The van der Waals surface area contributed by atoms with Gasteiger partial charge in [0.15, 0.2) is 0 Å². The molecule has 0 saturated carbocycles. The zero-order valence-corrected chi connectivity index (χ0v) is 9.72. The summed E-state index contributed by atoms with van der Waals surface area (Å²) in [7, 11) is -1.57. The molecule has 0 aliphatic rings. The Morgan fingerprint density at radius 1 is 1.43 bits per heavy atom. The maximum absolute atomic E-state index is 11.6. The van der Waals surface area contributed by atoms with E-state index in [1.54, 1.807) is 7.11 Å². The number of nitrogens with zero attached hydrogens (tertiary/aromatic N) is 1. The minimum Gasteiger partial charge on any atom is -0.385 e. The summed E-state index contributed by atoms with van der Waals surface area (Å²) in [4.78, 5) is 0. The van der Waals surface area contributed by atoms with E-state index in [1.807, 2.05) is 6.92 Å². The van der Waals surface area contributed by atoms with Crippen LogP contribution in [0.5, 0.6) is 0 Å². The summed E-state index contributed by atoms with van der Waals surface area (Å²) in [5.74, 6) is 0.134. The molecule has 2 N–H and O–H groups in total. The Morgan fingerprint density at radius 3 is 2.50 bits per heavy atom. The second kappa shape index (κ2) is 7.17. The lowest BCUT2D eigenvalue weighted by molar-refractivity contribution is 0.199. The minimum atomic E-state index is -3.13. The molecule has 0 fully saturated rings. The number of methoxy groups -OCH3 is 1. The molecule has 0 aromatic rings. The quantitative estimate of drug-likeness (QED) is 0.571. The lowest BCUT2D eigenvalue weighted by atomic mass is 10.5. The Labute approximate surface area is 86.3 Å². The van der Waals surface area contributed by atoms with Crippen molar-refractivity contribution in [2.45, 2.75) is 13.3 Å². The highest BCUT2D eigenvalue weighted by Crippen LogP contribution is 2.02. The van der Waals surface area contributed by atoms with Gasteiger partial charge < -0.3 is 10.5 Å². The molecule has 0 heterocycles. The number of likely N-dealkylation sites (N-methyl/N-ethyl adjacent to an activating group) is 1. The van der Waals surface area contributed by atoms with E-state index in [1.165, 1.54) is 4.31 Å². The van der Waals surface area contributed by atoms with Crippen molar-refractivity contribution in [3.05, 3.63) is 0 Å². The molecule has 6 heteroatoms. The molecule has 0 radical (unpaired) electrons. The SMILES string of the molecule is CCN(CCN)S(=O)(=O)CCCOC. The summed E-state index contributed by atoms with van der Waals surface area (Å²) in [5, 5.41) is 0. The van der Waals surface area contributed by atoms with Crippen LogP contribution in [0.4, 0.5) is 0 Å². The first-order valence-corrected chi connectivity index (χ1v) is 6.36. The molecule has 0 aromatic heterocycles. The van der Waals surface area contributed by atoms with Gasteiger partial charge in [0.25, 0.3) is 0 Å². The predicted octanol–water partition coefficient (Wildman–Crippen LogP) is -0.367. The van der Waals surface area contributed by atoms with Crippen molar-refractivity contribution in [1.29, 1.82) is 0 Å². The number of hydrogen-bond acceptors (Lipinski definition) is 4. The van der Waals surface area contributed by atoms with Crippen molar-refractivity contribution < 1.29 is 13.2 Å². The Kier molecular flexibility index (Phi) is 7.08. The van der Waals surface area contributed by atoms with E-state index in [0.29, 0.717) is 32.7 Å². The van der Waals surface area contributed by atoms with E-state index < -0.39 is 10.0 Å². The van der Waals surface area contributed by atoms with Crippen LogP contribution in [0.25, 0.3) is 0 Å². The van der Waals surface area contributed by atoms with Gasteiger partial charge in [-0.3, -0.25) is 0 Å². The average Bonchev–Trinajstić information content (AvgIpc) is 2.14. The normalized spacial score (nSPS) is 12.3. The van der Waals surface area contributed by atoms with Crippen LogP contribution in [-0.4, -0.2) is 51.8 Å². The first-order valence-electron chi connectivity index (χ1n) is 4.75. The van der Waals surface area contributed by atoms with Crippen molar-refractivity contribution in [2.24, 2.45) is 5.73 Å². The summed E-state index contributed by atoms with van der Waals surface area (Å²) >= 11 is 0. The molecule has 0 unspecified atom stereocenters. The monoisotopic (exact) mass is 224 g/mol. The molecule has 0 aromatic carbocycles. The minimum absolute atomic E-state index is 0.134. The van der Waals surface area contributed by atoms with Crippen LogP contribution >= 0.6 is 0 Å². The predicted molar refractivity (Wildman–Crippen MR) is 56.6 cm³/mol. The number of rotatable bonds is 8. The smallest absolute Gasteiger partial charge is 0.214 e. The van der Waals surface area contributed by atoms with E-state index in [0.717, 1.165) is 0 Å². The van der Waals surface area contributed by atoms with Crippen molar-refractivity contribution in [2.75, 3.05) is 39.1 Å². The van der Waals surface area contributed by atoms with Crippen molar-refractivity contribution in [3.8, 4) is 0 Å². The topological polar surface area (TPSA) is 72.6 Å². The average molecular weight is 224 g/mol. The van der Waals surface area contributed by atoms with Crippen LogP contribution in [0.1, 0.15) is 13.3 Å². The Bertz CT molecular complexity index is 229. The fourth-order valence-corrected chi connectivity index (χ4v) is 2.67.